The van der Waals surface area contributed by atoms with Gasteiger partial charge in [-0.1, -0.05) is 26.2 Å². The zero-order chi connectivity index (χ0) is 13.0. The summed E-state index contributed by atoms with van der Waals surface area (Å²) in [6.45, 7) is 2.80. The molecule has 4 heteroatoms. The Hall–Kier alpha value is -0.870. The van der Waals surface area contributed by atoms with Crippen molar-refractivity contribution in [1.29, 1.82) is 0 Å². The molecule has 0 aliphatic heterocycles. The van der Waals surface area contributed by atoms with Crippen LogP contribution < -0.4 is 0 Å². The van der Waals surface area contributed by atoms with Gasteiger partial charge in [0.05, 0.1) is 12.7 Å². The van der Waals surface area contributed by atoms with Crippen LogP contribution in [-0.4, -0.2) is 17.2 Å². The van der Waals surface area contributed by atoms with E-state index in [0.717, 1.165) is 23.6 Å². The lowest BCUT2D eigenvalue weighted by molar-refractivity contribution is 0.00298. The van der Waals surface area contributed by atoms with Crippen molar-refractivity contribution in [2.75, 3.05) is 0 Å². The smallest absolute Gasteiger partial charge is 0.345 e. The number of rotatable bonds is 5. The number of hydrogen-bond donors (Lipinski definition) is 1. The third-order valence-electron chi connectivity index (χ3n) is 3.65. The molecule has 0 bridgehead atoms. The molecule has 2 atom stereocenters. The van der Waals surface area contributed by atoms with Gasteiger partial charge in [0.15, 0.2) is 0 Å². The Labute approximate surface area is 112 Å². The second-order valence-corrected chi connectivity index (χ2v) is 6.11. The third-order valence-corrected chi connectivity index (χ3v) is 4.69. The first-order chi connectivity index (χ1) is 8.69. The lowest BCUT2D eigenvalue weighted by Crippen LogP contribution is -2.22. The summed E-state index contributed by atoms with van der Waals surface area (Å²) in [6.07, 6.45) is 6.50. The van der Waals surface area contributed by atoms with E-state index in [4.69, 9.17) is 9.84 Å². The molecular formula is C14H20O3S. The highest BCUT2D eigenvalue weighted by Crippen LogP contribution is 2.29. The topological polar surface area (TPSA) is 46.5 Å². The van der Waals surface area contributed by atoms with Gasteiger partial charge >= 0.3 is 5.97 Å². The molecule has 0 aromatic carbocycles. The van der Waals surface area contributed by atoms with Crippen molar-refractivity contribution in [3.05, 3.63) is 21.9 Å². The molecule has 3 nitrogen and oxygen atoms in total. The number of ether oxygens (including phenoxy) is 1. The summed E-state index contributed by atoms with van der Waals surface area (Å²) in [5, 5.41) is 8.85. The number of carboxylic acid groups (broad SMARTS) is 1. The van der Waals surface area contributed by atoms with Gasteiger partial charge in [0.25, 0.3) is 0 Å². The molecule has 2 rings (SSSR count). The van der Waals surface area contributed by atoms with E-state index in [1.54, 1.807) is 6.07 Å². The highest BCUT2D eigenvalue weighted by Gasteiger charge is 2.21. The molecule has 1 aliphatic carbocycles. The first kappa shape index (κ1) is 13.6. The van der Waals surface area contributed by atoms with Gasteiger partial charge in [0.2, 0.25) is 0 Å². The SMILES string of the molecule is CCC1CCCC(OCc2ccc(C(=O)O)s2)C1. The third kappa shape index (κ3) is 3.56. The molecule has 18 heavy (non-hydrogen) atoms. The zero-order valence-electron chi connectivity index (χ0n) is 10.7. The molecule has 1 fully saturated rings. The van der Waals surface area contributed by atoms with Gasteiger partial charge < -0.3 is 9.84 Å². The second-order valence-electron chi connectivity index (χ2n) is 4.95. The summed E-state index contributed by atoms with van der Waals surface area (Å²) in [5.74, 6) is -0.0448. The molecule has 0 amide bonds. The van der Waals surface area contributed by atoms with Crippen molar-refractivity contribution in [2.24, 2.45) is 5.92 Å². The van der Waals surface area contributed by atoms with Crippen molar-refractivity contribution in [2.45, 2.75) is 51.7 Å². The summed E-state index contributed by atoms with van der Waals surface area (Å²) in [5.41, 5.74) is 0. The van der Waals surface area contributed by atoms with Crippen molar-refractivity contribution in [1.82, 2.24) is 0 Å². The Morgan fingerprint density at radius 3 is 3.00 bits per heavy atom. The first-order valence-electron chi connectivity index (χ1n) is 6.62. The summed E-state index contributed by atoms with van der Waals surface area (Å²) >= 11 is 1.31. The van der Waals surface area contributed by atoms with E-state index < -0.39 is 5.97 Å². The minimum atomic E-state index is -0.852. The average molecular weight is 268 g/mol. The van der Waals surface area contributed by atoms with Gasteiger partial charge in [-0.05, 0) is 30.9 Å². The minimum Gasteiger partial charge on any atom is -0.477 e. The highest BCUT2D eigenvalue weighted by atomic mass is 32.1. The Morgan fingerprint density at radius 2 is 2.33 bits per heavy atom. The standard InChI is InChI=1S/C14H20O3S/c1-2-10-4-3-5-11(8-10)17-9-12-6-7-13(18-12)14(15)16/h6-7,10-11H,2-5,8-9H2,1H3,(H,15,16). The zero-order valence-corrected chi connectivity index (χ0v) is 11.5. The largest absolute Gasteiger partial charge is 0.477 e. The van der Waals surface area contributed by atoms with Crippen LogP contribution in [0, 0.1) is 5.92 Å². The molecule has 1 aromatic heterocycles. The predicted molar refractivity (Wildman–Crippen MR) is 72.1 cm³/mol. The van der Waals surface area contributed by atoms with Gasteiger partial charge in [-0.15, -0.1) is 11.3 Å². The Bertz CT molecular complexity index is 399. The average Bonchev–Trinajstić information content (AvgIpc) is 2.85. The fourth-order valence-corrected chi connectivity index (χ4v) is 3.30. The summed E-state index contributed by atoms with van der Waals surface area (Å²) in [7, 11) is 0. The van der Waals surface area contributed by atoms with Crippen molar-refractivity contribution in [3.63, 3.8) is 0 Å². The molecule has 0 radical (unpaired) electrons. The molecule has 1 heterocycles. The van der Waals surface area contributed by atoms with Crippen LogP contribution in [0.4, 0.5) is 0 Å². The van der Waals surface area contributed by atoms with Crippen molar-refractivity contribution < 1.29 is 14.6 Å². The van der Waals surface area contributed by atoms with E-state index in [0.29, 0.717) is 17.6 Å². The van der Waals surface area contributed by atoms with E-state index in [9.17, 15) is 4.79 Å². The molecule has 1 N–H and O–H groups in total. The van der Waals surface area contributed by atoms with E-state index in [1.807, 2.05) is 6.07 Å². The molecule has 0 spiro atoms. The first-order valence-corrected chi connectivity index (χ1v) is 7.44. The van der Waals surface area contributed by atoms with Crippen LogP contribution in [0.5, 0.6) is 0 Å². The Morgan fingerprint density at radius 1 is 1.50 bits per heavy atom. The molecular weight excluding hydrogens is 248 g/mol. The van der Waals surface area contributed by atoms with Gasteiger partial charge in [-0.2, -0.15) is 0 Å². The van der Waals surface area contributed by atoms with Crippen LogP contribution in [0.25, 0.3) is 0 Å². The normalized spacial score (nSPS) is 24.1. The van der Waals surface area contributed by atoms with Crippen molar-refractivity contribution in [3.8, 4) is 0 Å². The quantitative estimate of drug-likeness (QED) is 0.880. The summed E-state index contributed by atoms with van der Waals surface area (Å²) in [6, 6.07) is 3.51. The van der Waals surface area contributed by atoms with E-state index >= 15 is 0 Å². The predicted octanol–water partition coefficient (Wildman–Crippen LogP) is 3.93. The Balaban J connectivity index is 1.81. The maximum Gasteiger partial charge on any atom is 0.345 e. The van der Waals surface area contributed by atoms with E-state index in [2.05, 4.69) is 6.92 Å². The fourth-order valence-electron chi connectivity index (χ4n) is 2.53. The fraction of sp³-hybridized carbons (Fsp3) is 0.643. The monoisotopic (exact) mass is 268 g/mol. The minimum absolute atomic E-state index is 0.360. The van der Waals surface area contributed by atoms with Gasteiger partial charge in [-0.25, -0.2) is 4.79 Å². The Kier molecular flexibility index (Phi) is 4.78. The van der Waals surface area contributed by atoms with Crippen LogP contribution in [0.3, 0.4) is 0 Å². The summed E-state index contributed by atoms with van der Waals surface area (Å²) in [4.78, 5) is 12.2. The van der Waals surface area contributed by atoms with E-state index in [1.165, 1.54) is 30.6 Å². The van der Waals surface area contributed by atoms with Crippen LogP contribution >= 0.6 is 11.3 Å². The van der Waals surface area contributed by atoms with Gasteiger partial charge in [0, 0.05) is 4.88 Å². The lowest BCUT2D eigenvalue weighted by atomic mass is 9.85. The number of thiophene rings is 1. The number of hydrogen-bond acceptors (Lipinski definition) is 3. The van der Waals surface area contributed by atoms with Crippen molar-refractivity contribution >= 4 is 17.3 Å². The molecule has 1 aliphatic rings. The van der Waals surface area contributed by atoms with Crippen LogP contribution in [0.15, 0.2) is 12.1 Å². The maximum atomic E-state index is 10.8. The maximum absolute atomic E-state index is 10.8. The second kappa shape index (κ2) is 6.34. The highest BCUT2D eigenvalue weighted by molar-refractivity contribution is 7.13. The number of carboxylic acids is 1. The van der Waals surface area contributed by atoms with E-state index in [-0.39, 0.29) is 0 Å². The molecule has 100 valence electrons. The van der Waals surface area contributed by atoms with Crippen LogP contribution in [0.2, 0.25) is 0 Å². The van der Waals surface area contributed by atoms with Gasteiger partial charge in [0.1, 0.15) is 4.88 Å². The molecule has 2 unspecified atom stereocenters. The molecule has 1 saturated carbocycles. The van der Waals surface area contributed by atoms with Crippen LogP contribution in [0.1, 0.15) is 53.6 Å². The molecule has 0 saturated heterocycles. The number of aromatic carboxylic acids is 1. The lowest BCUT2D eigenvalue weighted by Gasteiger charge is -2.28. The summed E-state index contributed by atoms with van der Waals surface area (Å²) < 4.78 is 5.91. The van der Waals surface area contributed by atoms with Gasteiger partial charge in [-0.3, -0.25) is 0 Å². The molecule has 1 aromatic rings. The number of carbonyl (C=O) groups is 1. The van der Waals surface area contributed by atoms with Crippen LogP contribution in [-0.2, 0) is 11.3 Å².